The van der Waals surface area contributed by atoms with Crippen LogP contribution in [-0.2, 0) is 31.3 Å². The van der Waals surface area contributed by atoms with Gasteiger partial charge in [0.25, 0.3) is 5.09 Å². The van der Waals surface area contributed by atoms with Gasteiger partial charge in [-0.3, -0.25) is 9.69 Å². The van der Waals surface area contributed by atoms with Crippen LogP contribution in [0.1, 0.15) is 126 Å². The first-order valence-electron chi connectivity index (χ1n) is 18.0. The van der Waals surface area contributed by atoms with Crippen molar-refractivity contribution in [1.82, 2.24) is 9.80 Å². The molecule has 0 spiro atoms. The molecule has 1 aliphatic rings. The summed E-state index contributed by atoms with van der Waals surface area (Å²) >= 11 is 3.60. The largest absolute Gasteiger partial charge is 0.507 e. The molecule has 286 valence electrons. The molecule has 0 aromatic heterocycles. The number of carbonyl (C=O) groups excluding carboxylic acids is 1. The summed E-state index contributed by atoms with van der Waals surface area (Å²) in [7, 11) is 0. The number of hydrogen-bond acceptors (Lipinski definition) is 10. The van der Waals surface area contributed by atoms with E-state index in [-0.39, 0.29) is 44.9 Å². The molecule has 0 atom stereocenters. The Morgan fingerprint density at radius 3 is 1.51 bits per heavy atom. The lowest BCUT2D eigenvalue weighted by Crippen LogP contribution is -2.48. The average Bonchev–Trinajstić information content (AvgIpc) is 2.94. The molecule has 2 aromatic carbocycles. The number of phenols is 1. The molecule has 0 bridgehead atoms. The number of nitrogens with zero attached hydrogens (tertiary/aromatic N) is 3. The molecule has 0 saturated carbocycles. The first-order chi connectivity index (χ1) is 23.2. The highest BCUT2D eigenvalue weighted by molar-refractivity contribution is 8.18. The molecule has 1 N–H and O–H groups in total. The van der Waals surface area contributed by atoms with Crippen molar-refractivity contribution in [3.63, 3.8) is 0 Å². The van der Waals surface area contributed by atoms with Gasteiger partial charge >= 0.3 is 5.97 Å². The van der Waals surface area contributed by atoms with Crippen LogP contribution in [0, 0.1) is 10.1 Å². The smallest absolute Gasteiger partial charge is 0.325 e. The van der Waals surface area contributed by atoms with Crippen molar-refractivity contribution >= 4 is 29.5 Å². The van der Waals surface area contributed by atoms with Crippen LogP contribution in [0.2, 0.25) is 0 Å². The van der Waals surface area contributed by atoms with Gasteiger partial charge in [-0.25, -0.2) is 0 Å². The maximum Gasteiger partial charge on any atom is 0.325 e. The lowest BCUT2D eigenvalue weighted by atomic mass is 9.79. The van der Waals surface area contributed by atoms with Crippen molar-refractivity contribution in [3.05, 3.63) is 56.6 Å². The fraction of sp³-hybridized carbons (Fsp3) is 0.675. The Labute approximate surface area is 315 Å². The predicted octanol–water partition coefficient (Wildman–Crippen LogP) is 9.32. The molecule has 11 heteroatoms. The molecular formula is C40H63N3O6S2. The van der Waals surface area contributed by atoms with Crippen LogP contribution < -0.4 is 4.74 Å². The number of rotatable bonds is 12. The van der Waals surface area contributed by atoms with E-state index in [9.17, 15) is 20.0 Å². The number of thioether (sulfide) groups is 2. The Morgan fingerprint density at radius 2 is 1.12 bits per heavy atom. The van der Waals surface area contributed by atoms with E-state index in [1.54, 1.807) is 23.5 Å². The summed E-state index contributed by atoms with van der Waals surface area (Å²) in [4.78, 5) is 35.0. The summed E-state index contributed by atoms with van der Waals surface area (Å²) < 4.78 is 6.07. The molecule has 9 nitrogen and oxygen atoms in total. The van der Waals surface area contributed by atoms with Crippen LogP contribution in [0.25, 0.3) is 0 Å². The van der Waals surface area contributed by atoms with E-state index in [0.717, 1.165) is 64.8 Å². The highest BCUT2D eigenvalue weighted by Crippen LogP contribution is 2.51. The highest BCUT2D eigenvalue weighted by Gasteiger charge is 2.33. The molecular weight excluding hydrogens is 683 g/mol. The number of piperazine rings is 1. The predicted molar refractivity (Wildman–Crippen MR) is 211 cm³/mol. The third-order valence-electron chi connectivity index (χ3n) is 8.95. The molecule has 0 aliphatic carbocycles. The molecule has 1 saturated heterocycles. The van der Waals surface area contributed by atoms with Gasteiger partial charge in [-0.2, -0.15) is 0 Å². The topological polar surface area (TPSA) is 105 Å². The molecule has 0 amide bonds. The monoisotopic (exact) mass is 745 g/mol. The van der Waals surface area contributed by atoms with E-state index in [4.69, 9.17) is 4.74 Å². The quantitative estimate of drug-likeness (QED) is 0.0430. The number of carbonyl (C=O) groups is 1. The van der Waals surface area contributed by atoms with Crippen LogP contribution in [-0.4, -0.2) is 75.9 Å². The van der Waals surface area contributed by atoms with Gasteiger partial charge in [-0.15, -0.1) is 33.6 Å². The normalized spacial score (nSPS) is 15.6. The van der Waals surface area contributed by atoms with Crippen LogP contribution in [0.3, 0.4) is 0 Å². The fourth-order valence-electron chi connectivity index (χ4n) is 6.21. The minimum atomic E-state index is -0.754. The van der Waals surface area contributed by atoms with Crippen molar-refractivity contribution < 1.29 is 24.6 Å². The van der Waals surface area contributed by atoms with Crippen LogP contribution in [0.15, 0.2) is 34.1 Å². The zero-order valence-electron chi connectivity index (χ0n) is 33.6. The molecule has 0 radical (unpaired) electrons. The minimum absolute atomic E-state index is 0.0916. The van der Waals surface area contributed by atoms with E-state index < -0.39 is 5.09 Å². The second-order valence-electron chi connectivity index (χ2n) is 18.3. The lowest BCUT2D eigenvalue weighted by Gasteiger charge is -2.34. The van der Waals surface area contributed by atoms with Crippen LogP contribution >= 0.6 is 23.5 Å². The zero-order valence-corrected chi connectivity index (χ0v) is 35.2. The lowest BCUT2D eigenvalue weighted by molar-refractivity contribution is -0.757. The number of ether oxygens (including phenoxy) is 1. The maximum atomic E-state index is 13.5. The first-order valence-corrected chi connectivity index (χ1v) is 19.7. The van der Waals surface area contributed by atoms with Crippen molar-refractivity contribution in [2.45, 2.75) is 139 Å². The van der Waals surface area contributed by atoms with Gasteiger partial charge in [0.05, 0.1) is 17.2 Å². The number of hydrogen-bond donors (Lipinski definition) is 1. The molecule has 3 rings (SSSR count). The molecule has 1 fully saturated rings. The van der Waals surface area contributed by atoms with E-state index in [2.05, 4.69) is 136 Å². The van der Waals surface area contributed by atoms with Gasteiger partial charge in [0.15, 0.2) is 0 Å². The summed E-state index contributed by atoms with van der Waals surface area (Å²) in [6.45, 7) is 34.3. The van der Waals surface area contributed by atoms with E-state index >= 15 is 0 Å². The van der Waals surface area contributed by atoms with Gasteiger partial charge in [-0.1, -0.05) is 83.1 Å². The SMILES string of the molecule is CC(C)(Sc1cc(C(C)(C)C)c(O)c(C(C)(C)C)c1)Sc1cc(C(C)(C)C)c(OC(=O)CN2CCN(CCCO[N+](=O)[O-])CC2)c(C(C)(C)C)c1. The van der Waals surface area contributed by atoms with Crippen LogP contribution in [0.5, 0.6) is 11.5 Å². The van der Waals surface area contributed by atoms with Crippen molar-refractivity contribution in [1.29, 1.82) is 0 Å². The summed E-state index contributed by atoms with van der Waals surface area (Å²) in [5, 5.41) is 20.9. The van der Waals surface area contributed by atoms with Gasteiger partial charge in [0, 0.05) is 64.8 Å². The number of esters is 1. The number of phenolic OH excluding ortho intramolecular Hbond substituents is 1. The standard InChI is InChI=1S/C40H63N3O6S2/c1-36(2,3)29-22-27(23-30(34(29)45)37(4,5)6)50-40(13,14)51-28-24-31(38(7,8)9)35(32(25-28)39(10,11)12)49-33(44)26-42-19-17-41(18-20-42)16-15-21-48-43(46)47/h22-25,45H,15-21,26H2,1-14H3. The third-order valence-corrected chi connectivity index (χ3v) is 11.4. The summed E-state index contributed by atoms with van der Waals surface area (Å²) in [6, 6.07) is 8.69. The second-order valence-corrected chi connectivity index (χ2v) is 22.0. The summed E-state index contributed by atoms with van der Waals surface area (Å²) in [6.07, 6.45) is 0.589. The number of benzene rings is 2. The summed E-state index contributed by atoms with van der Waals surface area (Å²) in [5.74, 6) is 0.772. The zero-order chi connectivity index (χ0) is 38.7. The highest BCUT2D eigenvalue weighted by atomic mass is 32.2. The van der Waals surface area contributed by atoms with Crippen LogP contribution in [0.4, 0.5) is 0 Å². The second kappa shape index (κ2) is 16.3. The third kappa shape index (κ3) is 12.6. The molecule has 51 heavy (non-hydrogen) atoms. The van der Waals surface area contributed by atoms with E-state index in [1.807, 2.05) is 0 Å². The average molecular weight is 746 g/mol. The molecule has 0 unspecified atom stereocenters. The summed E-state index contributed by atoms with van der Waals surface area (Å²) in [5.41, 5.74) is 2.93. The Balaban J connectivity index is 1.86. The van der Waals surface area contributed by atoms with Crippen molar-refractivity contribution in [2.75, 3.05) is 45.9 Å². The Hall–Kier alpha value is -2.47. The van der Waals surface area contributed by atoms with Crippen molar-refractivity contribution in [3.8, 4) is 11.5 Å². The minimum Gasteiger partial charge on any atom is -0.507 e. The molecule has 1 aliphatic heterocycles. The Kier molecular flexibility index (Phi) is 13.7. The molecule has 2 aromatic rings. The van der Waals surface area contributed by atoms with E-state index in [1.165, 1.54) is 0 Å². The maximum absolute atomic E-state index is 13.5. The molecule has 1 heterocycles. The van der Waals surface area contributed by atoms with Crippen molar-refractivity contribution in [2.24, 2.45) is 0 Å². The van der Waals surface area contributed by atoms with Gasteiger partial charge < -0.3 is 19.6 Å². The van der Waals surface area contributed by atoms with Gasteiger partial charge in [0.2, 0.25) is 0 Å². The van der Waals surface area contributed by atoms with E-state index in [0.29, 0.717) is 17.9 Å². The van der Waals surface area contributed by atoms with Gasteiger partial charge in [-0.05, 0) is 66.2 Å². The Morgan fingerprint density at radius 1 is 0.725 bits per heavy atom. The first kappa shape index (κ1) is 42.9. The number of aromatic hydroxyl groups is 1. The van der Waals surface area contributed by atoms with Gasteiger partial charge in [0.1, 0.15) is 11.5 Å². The fourth-order valence-corrected chi connectivity index (χ4v) is 8.80. The Bertz CT molecular complexity index is 1470.